The number of aromatic nitrogens is 3. The van der Waals surface area contributed by atoms with Crippen LogP contribution in [-0.2, 0) is 13.5 Å². The second-order valence-corrected chi connectivity index (χ2v) is 7.01. The minimum atomic E-state index is -0.154. The topological polar surface area (TPSA) is 59.8 Å². The van der Waals surface area contributed by atoms with Crippen molar-refractivity contribution in [2.24, 2.45) is 7.05 Å². The first kappa shape index (κ1) is 18.6. The molecule has 2 aromatic carbocycles. The number of rotatable bonds is 5. The molecule has 144 valence electrons. The predicted molar refractivity (Wildman–Crippen MR) is 115 cm³/mol. The van der Waals surface area contributed by atoms with Gasteiger partial charge >= 0.3 is 0 Å². The monoisotopic (exact) mass is 382 g/mol. The number of anilines is 1. The van der Waals surface area contributed by atoms with Gasteiger partial charge in [-0.3, -0.25) is 14.5 Å². The third kappa shape index (κ3) is 4.09. The molecule has 0 fully saturated rings. The van der Waals surface area contributed by atoms with E-state index in [9.17, 15) is 4.79 Å². The van der Waals surface area contributed by atoms with Crippen molar-refractivity contribution in [2.75, 3.05) is 5.32 Å². The minimum absolute atomic E-state index is 0.154. The first-order valence-corrected chi connectivity index (χ1v) is 9.49. The number of nitrogens with one attached hydrogen (secondary N) is 1. The predicted octanol–water partition coefficient (Wildman–Crippen LogP) is 4.63. The molecule has 0 saturated carbocycles. The summed E-state index contributed by atoms with van der Waals surface area (Å²) in [6, 6.07) is 20.1. The van der Waals surface area contributed by atoms with E-state index in [1.165, 1.54) is 0 Å². The van der Waals surface area contributed by atoms with Crippen LogP contribution in [0.25, 0.3) is 11.1 Å². The summed E-state index contributed by atoms with van der Waals surface area (Å²) in [5, 5.41) is 7.38. The lowest BCUT2D eigenvalue weighted by Crippen LogP contribution is -2.15. The molecule has 0 bridgehead atoms. The number of carbonyl (C=O) groups is 1. The number of pyridine rings is 1. The van der Waals surface area contributed by atoms with Crippen LogP contribution in [0.5, 0.6) is 0 Å². The Labute approximate surface area is 170 Å². The second-order valence-electron chi connectivity index (χ2n) is 7.01. The zero-order valence-electron chi connectivity index (χ0n) is 16.5. The average Bonchev–Trinajstić information content (AvgIpc) is 3.11. The normalized spacial score (nSPS) is 10.7. The third-order valence-corrected chi connectivity index (χ3v) is 5.02. The van der Waals surface area contributed by atoms with Gasteiger partial charge in [0.05, 0.1) is 17.5 Å². The molecular formula is C24H22N4O. The molecule has 0 aliphatic heterocycles. The molecule has 0 spiro atoms. The van der Waals surface area contributed by atoms with Gasteiger partial charge in [0.25, 0.3) is 5.91 Å². The van der Waals surface area contributed by atoms with Crippen LogP contribution < -0.4 is 5.32 Å². The van der Waals surface area contributed by atoms with Crippen LogP contribution in [0.2, 0.25) is 0 Å². The summed E-state index contributed by atoms with van der Waals surface area (Å²) >= 11 is 0. The molecule has 0 radical (unpaired) electrons. The number of benzene rings is 2. The molecule has 2 aromatic heterocycles. The van der Waals surface area contributed by atoms with Gasteiger partial charge in [-0.1, -0.05) is 42.5 Å². The molecule has 4 aromatic rings. The van der Waals surface area contributed by atoms with E-state index >= 15 is 0 Å². The Balaban J connectivity index is 1.61. The first-order valence-electron chi connectivity index (χ1n) is 9.49. The largest absolute Gasteiger partial charge is 0.322 e. The standard InChI is InChI=1S/C24H22N4O/c1-17-8-9-20(19-10-12-25-13-11-19)15-22(17)27-24(29)21-16-26-28(2)23(21)14-18-6-4-3-5-7-18/h3-13,15-16H,14H2,1-2H3,(H,27,29). The molecule has 5 heteroatoms. The summed E-state index contributed by atoms with van der Waals surface area (Å²) in [5.74, 6) is -0.154. The lowest BCUT2D eigenvalue weighted by molar-refractivity contribution is 0.102. The smallest absolute Gasteiger partial charge is 0.259 e. The van der Waals surface area contributed by atoms with Gasteiger partial charge in [0.1, 0.15) is 0 Å². The van der Waals surface area contributed by atoms with Gasteiger partial charge in [-0.05, 0) is 47.4 Å². The fourth-order valence-electron chi connectivity index (χ4n) is 3.32. The van der Waals surface area contributed by atoms with Crippen LogP contribution >= 0.6 is 0 Å². The Morgan fingerprint density at radius 3 is 2.52 bits per heavy atom. The van der Waals surface area contributed by atoms with Crippen molar-refractivity contribution in [1.29, 1.82) is 0 Å². The van der Waals surface area contributed by atoms with Crippen molar-refractivity contribution in [3.05, 3.63) is 102 Å². The van der Waals surface area contributed by atoms with E-state index in [2.05, 4.69) is 27.5 Å². The molecule has 5 nitrogen and oxygen atoms in total. The summed E-state index contributed by atoms with van der Waals surface area (Å²) in [6.07, 6.45) is 5.81. The first-order chi connectivity index (χ1) is 14.1. The summed E-state index contributed by atoms with van der Waals surface area (Å²) < 4.78 is 1.77. The fraction of sp³-hybridized carbons (Fsp3) is 0.125. The Morgan fingerprint density at radius 1 is 1.00 bits per heavy atom. The van der Waals surface area contributed by atoms with E-state index in [-0.39, 0.29) is 5.91 Å². The Bertz CT molecular complexity index is 1130. The lowest BCUT2D eigenvalue weighted by atomic mass is 10.0. The van der Waals surface area contributed by atoms with Crippen LogP contribution in [0.15, 0.2) is 79.3 Å². The molecular weight excluding hydrogens is 360 g/mol. The van der Waals surface area contributed by atoms with Crippen LogP contribution in [0.4, 0.5) is 5.69 Å². The molecule has 2 heterocycles. The quantitative estimate of drug-likeness (QED) is 0.547. The fourth-order valence-corrected chi connectivity index (χ4v) is 3.32. The maximum atomic E-state index is 13.1. The Hall–Kier alpha value is -3.73. The number of nitrogens with zero attached hydrogens (tertiary/aromatic N) is 3. The van der Waals surface area contributed by atoms with Crippen molar-refractivity contribution in [3.8, 4) is 11.1 Å². The van der Waals surface area contributed by atoms with Crippen LogP contribution in [0.1, 0.15) is 27.2 Å². The second kappa shape index (κ2) is 8.10. The Kier molecular flexibility index (Phi) is 5.20. The van der Waals surface area contributed by atoms with E-state index in [4.69, 9.17) is 0 Å². The van der Waals surface area contributed by atoms with Gasteiger partial charge in [0.2, 0.25) is 0 Å². The highest BCUT2D eigenvalue weighted by Crippen LogP contribution is 2.26. The van der Waals surface area contributed by atoms with Gasteiger partial charge < -0.3 is 5.32 Å². The zero-order chi connectivity index (χ0) is 20.2. The van der Waals surface area contributed by atoms with E-state index < -0.39 is 0 Å². The lowest BCUT2D eigenvalue weighted by Gasteiger charge is -2.12. The maximum absolute atomic E-state index is 13.1. The van der Waals surface area contributed by atoms with Gasteiger partial charge in [0.15, 0.2) is 0 Å². The highest BCUT2D eigenvalue weighted by molar-refractivity contribution is 6.05. The average molecular weight is 382 g/mol. The number of carbonyl (C=O) groups excluding carboxylic acids is 1. The zero-order valence-corrected chi connectivity index (χ0v) is 16.5. The molecule has 0 unspecified atom stereocenters. The molecule has 1 N–H and O–H groups in total. The van der Waals surface area contributed by atoms with E-state index in [1.54, 1.807) is 23.3 Å². The van der Waals surface area contributed by atoms with Crippen LogP contribution in [0, 0.1) is 6.92 Å². The highest BCUT2D eigenvalue weighted by Gasteiger charge is 2.17. The molecule has 0 aliphatic carbocycles. The molecule has 1 amide bonds. The number of amides is 1. The van der Waals surface area contributed by atoms with Crippen molar-refractivity contribution < 1.29 is 4.79 Å². The van der Waals surface area contributed by atoms with Gasteiger partial charge in [0, 0.05) is 31.5 Å². The summed E-state index contributed by atoms with van der Waals surface area (Å²) in [5.41, 5.74) is 6.50. The van der Waals surface area contributed by atoms with Crippen LogP contribution in [-0.4, -0.2) is 20.7 Å². The molecule has 29 heavy (non-hydrogen) atoms. The number of aryl methyl sites for hydroxylation is 2. The summed E-state index contributed by atoms with van der Waals surface area (Å²) in [4.78, 5) is 17.1. The highest BCUT2D eigenvalue weighted by atomic mass is 16.1. The Morgan fingerprint density at radius 2 is 1.76 bits per heavy atom. The number of hydrogen-bond donors (Lipinski definition) is 1. The van der Waals surface area contributed by atoms with Crippen molar-refractivity contribution >= 4 is 11.6 Å². The van der Waals surface area contributed by atoms with Crippen molar-refractivity contribution in [3.63, 3.8) is 0 Å². The summed E-state index contributed by atoms with van der Waals surface area (Å²) in [6.45, 7) is 1.99. The third-order valence-electron chi connectivity index (χ3n) is 5.02. The van der Waals surface area contributed by atoms with E-state index in [0.717, 1.165) is 33.6 Å². The molecule has 0 aliphatic rings. The molecule has 0 saturated heterocycles. The van der Waals surface area contributed by atoms with Gasteiger partial charge in [-0.2, -0.15) is 5.10 Å². The van der Waals surface area contributed by atoms with Crippen LogP contribution in [0.3, 0.4) is 0 Å². The van der Waals surface area contributed by atoms with E-state index in [1.807, 2.05) is 62.5 Å². The number of hydrogen-bond acceptors (Lipinski definition) is 3. The minimum Gasteiger partial charge on any atom is -0.322 e. The van der Waals surface area contributed by atoms with Crippen molar-refractivity contribution in [2.45, 2.75) is 13.3 Å². The molecule has 0 atom stereocenters. The SMILES string of the molecule is Cc1ccc(-c2ccncc2)cc1NC(=O)c1cnn(C)c1Cc1ccccc1. The maximum Gasteiger partial charge on any atom is 0.259 e. The van der Waals surface area contributed by atoms with Gasteiger partial charge in [-0.15, -0.1) is 0 Å². The van der Waals surface area contributed by atoms with Gasteiger partial charge in [-0.25, -0.2) is 0 Å². The summed E-state index contributed by atoms with van der Waals surface area (Å²) in [7, 11) is 1.87. The van der Waals surface area contributed by atoms with Crippen molar-refractivity contribution in [1.82, 2.24) is 14.8 Å². The molecule has 4 rings (SSSR count). The van der Waals surface area contributed by atoms with E-state index in [0.29, 0.717) is 12.0 Å².